The number of nitrogens with two attached hydrogens (primary N) is 1. The predicted octanol–water partition coefficient (Wildman–Crippen LogP) is 2.07. The summed E-state index contributed by atoms with van der Waals surface area (Å²) in [5.41, 5.74) is 7.46. The molecule has 7 heteroatoms. The third-order valence-corrected chi connectivity index (χ3v) is 2.50. The average Bonchev–Trinajstić information content (AvgIpc) is 2.33. The van der Waals surface area contributed by atoms with Crippen molar-refractivity contribution < 1.29 is 22.7 Å². The third kappa shape index (κ3) is 5.48. The van der Waals surface area contributed by atoms with Crippen LogP contribution < -0.4 is 15.8 Å². The van der Waals surface area contributed by atoms with Crippen molar-refractivity contribution in [3.05, 3.63) is 29.3 Å². The summed E-state index contributed by atoms with van der Waals surface area (Å²) in [5.74, 6) is -0.439. The van der Waals surface area contributed by atoms with Crippen LogP contribution in [0.4, 0.5) is 13.2 Å². The maximum absolute atomic E-state index is 11.9. The largest absolute Gasteiger partial charge is 0.483 e. The van der Waals surface area contributed by atoms with E-state index >= 15 is 0 Å². The molecule has 1 rings (SSSR count). The molecule has 4 nitrogen and oxygen atoms in total. The highest BCUT2D eigenvalue weighted by molar-refractivity contribution is 5.77. The second-order valence-electron chi connectivity index (χ2n) is 4.51. The van der Waals surface area contributed by atoms with Crippen molar-refractivity contribution in [3.8, 4) is 5.75 Å². The fourth-order valence-corrected chi connectivity index (χ4v) is 1.55. The number of carbonyl (C=O) groups is 1. The summed E-state index contributed by atoms with van der Waals surface area (Å²) in [5, 5.41) is 1.73. The van der Waals surface area contributed by atoms with E-state index in [0.29, 0.717) is 11.3 Å². The van der Waals surface area contributed by atoms with Crippen LogP contribution in [0.5, 0.6) is 5.75 Å². The van der Waals surface area contributed by atoms with Gasteiger partial charge in [-0.25, -0.2) is 0 Å². The number of amides is 1. The van der Waals surface area contributed by atoms with Crippen molar-refractivity contribution in [2.24, 2.45) is 5.73 Å². The molecule has 1 unspecified atom stereocenters. The van der Waals surface area contributed by atoms with Crippen LogP contribution in [0.1, 0.15) is 24.1 Å². The van der Waals surface area contributed by atoms with E-state index in [2.05, 4.69) is 0 Å². The SMILES string of the molecule is Cc1ccc(OCC(=O)NCC(F)(F)F)c(C(C)N)c1. The average molecular weight is 290 g/mol. The lowest BCUT2D eigenvalue weighted by Crippen LogP contribution is -2.36. The predicted molar refractivity (Wildman–Crippen MR) is 68.3 cm³/mol. The van der Waals surface area contributed by atoms with Crippen LogP contribution >= 0.6 is 0 Å². The smallest absolute Gasteiger partial charge is 0.405 e. The fraction of sp³-hybridized carbons (Fsp3) is 0.462. The first kappa shape index (κ1) is 16.3. The first-order chi connectivity index (χ1) is 9.19. The van der Waals surface area contributed by atoms with E-state index in [1.54, 1.807) is 24.4 Å². The van der Waals surface area contributed by atoms with Crippen molar-refractivity contribution in [1.29, 1.82) is 0 Å². The molecule has 0 aliphatic rings. The Morgan fingerprint density at radius 2 is 2.10 bits per heavy atom. The van der Waals surface area contributed by atoms with Crippen molar-refractivity contribution in [2.45, 2.75) is 26.1 Å². The molecule has 0 aliphatic heterocycles. The second kappa shape index (κ2) is 6.60. The quantitative estimate of drug-likeness (QED) is 0.872. The van der Waals surface area contributed by atoms with Gasteiger partial charge in [-0.2, -0.15) is 13.2 Å². The molecule has 1 aromatic rings. The van der Waals surface area contributed by atoms with Crippen molar-refractivity contribution in [2.75, 3.05) is 13.2 Å². The molecule has 0 aromatic heterocycles. The number of benzene rings is 1. The Bertz CT molecular complexity index is 473. The zero-order chi connectivity index (χ0) is 15.3. The number of aryl methyl sites for hydroxylation is 1. The molecule has 3 N–H and O–H groups in total. The summed E-state index contributed by atoms with van der Waals surface area (Å²) >= 11 is 0. The number of carbonyl (C=O) groups excluding carboxylic acids is 1. The lowest BCUT2D eigenvalue weighted by molar-refractivity contribution is -0.139. The Balaban J connectivity index is 2.59. The van der Waals surface area contributed by atoms with Crippen LogP contribution in [0.15, 0.2) is 18.2 Å². The fourth-order valence-electron chi connectivity index (χ4n) is 1.55. The summed E-state index contributed by atoms with van der Waals surface area (Å²) in [4.78, 5) is 11.2. The topological polar surface area (TPSA) is 64.3 Å². The van der Waals surface area contributed by atoms with Gasteiger partial charge in [-0.3, -0.25) is 4.79 Å². The second-order valence-corrected chi connectivity index (χ2v) is 4.51. The van der Waals surface area contributed by atoms with E-state index in [0.717, 1.165) is 5.56 Å². The van der Waals surface area contributed by atoms with E-state index in [4.69, 9.17) is 10.5 Å². The normalized spacial score (nSPS) is 12.9. The molecule has 0 bridgehead atoms. The minimum atomic E-state index is -4.43. The van der Waals surface area contributed by atoms with E-state index in [1.165, 1.54) is 0 Å². The zero-order valence-electron chi connectivity index (χ0n) is 11.3. The first-order valence-corrected chi connectivity index (χ1v) is 6.01. The van der Waals surface area contributed by atoms with Gasteiger partial charge in [-0.1, -0.05) is 17.7 Å². The molecule has 1 amide bonds. The molecule has 0 fully saturated rings. The van der Waals surface area contributed by atoms with Gasteiger partial charge in [0.05, 0.1) is 0 Å². The van der Waals surface area contributed by atoms with E-state index in [1.807, 2.05) is 13.0 Å². The highest BCUT2D eigenvalue weighted by Gasteiger charge is 2.27. The number of hydrogen-bond acceptors (Lipinski definition) is 3. The molecule has 0 saturated heterocycles. The van der Waals surface area contributed by atoms with Crippen molar-refractivity contribution >= 4 is 5.91 Å². The Hall–Kier alpha value is -1.76. The van der Waals surface area contributed by atoms with Crippen LogP contribution in [0.2, 0.25) is 0 Å². The molecular formula is C13H17F3N2O2. The van der Waals surface area contributed by atoms with Crippen LogP contribution in [0, 0.1) is 6.92 Å². The lowest BCUT2D eigenvalue weighted by Gasteiger charge is -2.15. The molecule has 1 aromatic carbocycles. The summed E-state index contributed by atoms with van der Waals surface area (Å²) in [6, 6.07) is 4.93. The number of hydrogen-bond donors (Lipinski definition) is 2. The molecule has 20 heavy (non-hydrogen) atoms. The molecule has 0 spiro atoms. The van der Waals surface area contributed by atoms with Crippen LogP contribution in [0.3, 0.4) is 0 Å². The van der Waals surface area contributed by atoms with Crippen LogP contribution in [-0.2, 0) is 4.79 Å². The van der Waals surface area contributed by atoms with Gasteiger partial charge in [0.15, 0.2) is 6.61 Å². The molecule has 0 heterocycles. The number of alkyl halides is 3. The highest BCUT2D eigenvalue weighted by atomic mass is 19.4. The molecule has 0 saturated carbocycles. The van der Waals surface area contributed by atoms with E-state index < -0.39 is 25.2 Å². The van der Waals surface area contributed by atoms with Gasteiger partial charge in [-0.15, -0.1) is 0 Å². The molecule has 112 valence electrons. The highest BCUT2D eigenvalue weighted by Crippen LogP contribution is 2.24. The number of nitrogens with one attached hydrogen (secondary N) is 1. The summed E-state index contributed by atoms with van der Waals surface area (Å²) < 4.78 is 41.0. The Kier molecular flexibility index (Phi) is 5.38. The van der Waals surface area contributed by atoms with Gasteiger partial charge >= 0.3 is 6.18 Å². The summed E-state index contributed by atoms with van der Waals surface area (Å²) in [6.07, 6.45) is -4.43. The van der Waals surface area contributed by atoms with Gasteiger partial charge in [-0.05, 0) is 19.9 Å². The van der Waals surface area contributed by atoms with Gasteiger partial charge in [0.1, 0.15) is 12.3 Å². The lowest BCUT2D eigenvalue weighted by atomic mass is 10.1. The third-order valence-electron chi connectivity index (χ3n) is 2.50. The minimum absolute atomic E-state index is 0.303. The number of ether oxygens (including phenoxy) is 1. The first-order valence-electron chi connectivity index (χ1n) is 6.01. The van der Waals surface area contributed by atoms with Gasteiger partial charge in [0.25, 0.3) is 5.91 Å². The van der Waals surface area contributed by atoms with Crippen LogP contribution in [0.25, 0.3) is 0 Å². The van der Waals surface area contributed by atoms with E-state index in [-0.39, 0.29) is 6.04 Å². The number of halogens is 3. The van der Waals surface area contributed by atoms with Crippen molar-refractivity contribution in [3.63, 3.8) is 0 Å². The van der Waals surface area contributed by atoms with Gasteiger partial charge in [0.2, 0.25) is 0 Å². The summed E-state index contributed by atoms with van der Waals surface area (Å²) in [7, 11) is 0. The van der Waals surface area contributed by atoms with Crippen LogP contribution in [-0.4, -0.2) is 25.2 Å². The standard InChI is InChI=1S/C13H17F3N2O2/c1-8-3-4-11(10(5-8)9(2)17)20-6-12(19)18-7-13(14,15)16/h3-5,9H,6-7,17H2,1-2H3,(H,18,19). The van der Waals surface area contributed by atoms with Gasteiger partial charge in [0, 0.05) is 11.6 Å². The van der Waals surface area contributed by atoms with Crippen molar-refractivity contribution in [1.82, 2.24) is 5.32 Å². The molecular weight excluding hydrogens is 273 g/mol. The summed E-state index contributed by atoms with van der Waals surface area (Å²) in [6.45, 7) is 1.78. The Morgan fingerprint density at radius 3 is 2.65 bits per heavy atom. The molecule has 0 aliphatic carbocycles. The molecule has 1 atom stereocenters. The van der Waals surface area contributed by atoms with E-state index in [9.17, 15) is 18.0 Å². The monoisotopic (exact) mass is 290 g/mol. The minimum Gasteiger partial charge on any atom is -0.483 e. The zero-order valence-corrected chi connectivity index (χ0v) is 11.3. The maximum atomic E-state index is 11.9. The Labute approximate surface area is 115 Å². The number of rotatable bonds is 5. The van der Waals surface area contributed by atoms with Gasteiger partial charge < -0.3 is 15.8 Å². The maximum Gasteiger partial charge on any atom is 0.405 e. The Morgan fingerprint density at radius 1 is 1.45 bits per heavy atom. The molecule has 0 radical (unpaired) electrons.